The Morgan fingerprint density at radius 2 is 2.24 bits per heavy atom. The second-order valence-electron chi connectivity index (χ2n) is 8.01. The van der Waals surface area contributed by atoms with E-state index in [9.17, 15) is 0 Å². The molecule has 4 nitrogen and oxygen atoms in total. The van der Waals surface area contributed by atoms with Gasteiger partial charge in [-0.25, -0.2) is 0 Å². The van der Waals surface area contributed by atoms with Crippen LogP contribution in [0.2, 0.25) is 0 Å². The maximum atomic E-state index is 6.10. The van der Waals surface area contributed by atoms with Crippen LogP contribution in [0.3, 0.4) is 0 Å². The smallest absolute Gasteiger partial charge is 0.193 e. The fourth-order valence-corrected chi connectivity index (χ4v) is 4.20. The fourth-order valence-electron chi connectivity index (χ4n) is 3.50. The van der Waals surface area contributed by atoms with Crippen molar-refractivity contribution in [2.45, 2.75) is 53.1 Å². The summed E-state index contributed by atoms with van der Waals surface area (Å²) in [4.78, 5) is 8.63. The molecular formula is C20H35N3OS. The van der Waals surface area contributed by atoms with Crippen molar-refractivity contribution in [3.63, 3.8) is 0 Å². The van der Waals surface area contributed by atoms with E-state index in [2.05, 4.69) is 62.5 Å². The molecule has 1 aromatic heterocycles. The van der Waals surface area contributed by atoms with Gasteiger partial charge in [0.05, 0.1) is 6.10 Å². The summed E-state index contributed by atoms with van der Waals surface area (Å²) in [7, 11) is 2.13. The Morgan fingerprint density at radius 3 is 2.88 bits per heavy atom. The molecule has 1 fully saturated rings. The monoisotopic (exact) mass is 365 g/mol. The third-order valence-corrected chi connectivity index (χ3v) is 5.68. The van der Waals surface area contributed by atoms with Gasteiger partial charge in [0.25, 0.3) is 0 Å². The lowest BCUT2D eigenvalue weighted by atomic mass is 9.78. The highest BCUT2D eigenvalue weighted by Gasteiger charge is 2.35. The molecule has 2 heterocycles. The van der Waals surface area contributed by atoms with Gasteiger partial charge in [-0.1, -0.05) is 26.8 Å². The lowest BCUT2D eigenvalue weighted by Gasteiger charge is -2.39. The molecule has 1 aromatic rings. The van der Waals surface area contributed by atoms with E-state index in [-0.39, 0.29) is 5.41 Å². The maximum absolute atomic E-state index is 6.10. The lowest BCUT2D eigenvalue weighted by Crippen LogP contribution is -2.43. The van der Waals surface area contributed by atoms with Crippen molar-refractivity contribution in [1.82, 2.24) is 10.2 Å². The Balaban J connectivity index is 1.97. The SMILES string of the molecule is CCNC(=NCC1CCCOC1C(C)(C)C)N(C)CCc1cccs1. The van der Waals surface area contributed by atoms with Crippen LogP contribution in [0.5, 0.6) is 0 Å². The molecule has 0 spiro atoms. The second kappa shape index (κ2) is 9.58. The molecule has 1 N–H and O–H groups in total. The number of likely N-dealkylation sites (N-methyl/N-ethyl adjacent to an activating group) is 1. The zero-order valence-electron chi connectivity index (χ0n) is 16.5. The molecule has 0 bridgehead atoms. The largest absolute Gasteiger partial charge is 0.377 e. The highest BCUT2D eigenvalue weighted by Crippen LogP contribution is 2.34. The Hall–Kier alpha value is -1.07. The van der Waals surface area contributed by atoms with Crippen LogP contribution < -0.4 is 5.32 Å². The summed E-state index contributed by atoms with van der Waals surface area (Å²) in [5.41, 5.74) is 0.171. The Morgan fingerprint density at radius 1 is 1.44 bits per heavy atom. The van der Waals surface area contributed by atoms with E-state index in [1.807, 2.05) is 11.3 Å². The second-order valence-corrected chi connectivity index (χ2v) is 9.04. The number of nitrogens with zero attached hydrogens (tertiary/aromatic N) is 2. The summed E-state index contributed by atoms with van der Waals surface area (Å²) in [6, 6.07) is 4.32. The summed E-state index contributed by atoms with van der Waals surface area (Å²) < 4.78 is 6.10. The van der Waals surface area contributed by atoms with Crippen molar-refractivity contribution in [1.29, 1.82) is 0 Å². The van der Waals surface area contributed by atoms with Crippen molar-refractivity contribution in [3.05, 3.63) is 22.4 Å². The molecule has 2 atom stereocenters. The first kappa shape index (κ1) is 20.2. The van der Waals surface area contributed by atoms with Crippen LogP contribution in [0.4, 0.5) is 0 Å². The summed E-state index contributed by atoms with van der Waals surface area (Å²) in [5, 5.41) is 5.59. The highest BCUT2D eigenvalue weighted by molar-refractivity contribution is 7.09. The standard InChI is InChI=1S/C20H35N3OS/c1-6-21-19(23(5)12-11-17-10-8-14-25-17)22-15-16-9-7-13-24-18(16)20(2,3)4/h8,10,14,16,18H,6-7,9,11-13,15H2,1-5H3,(H,21,22). The van der Waals surface area contributed by atoms with Gasteiger partial charge in [0.15, 0.2) is 5.96 Å². The summed E-state index contributed by atoms with van der Waals surface area (Å²) in [5.74, 6) is 1.52. The van der Waals surface area contributed by atoms with Crippen molar-refractivity contribution in [2.75, 3.05) is 33.3 Å². The summed E-state index contributed by atoms with van der Waals surface area (Å²) in [6.07, 6.45) is 3.72. The fraction of sp³-hybridized carbons (Fsp3) is 0.750. The molecule has 142 valence electrons. The van der Waals surface area contributed by atoms with Crippen LogP contribution in [0.15, 0.2) is 22.5 Å². The first-order valence-corrected chi connectivity index (χ1v) is 10.4. The van der Waals surface area contributed by atoms with Crippen molar-refractivity contribution < 1.29 is 4.74 Å². The van der Waals surface area contributed by atoms with Gasteiger partial charge >= 0.3 is 0 Å². The third-order valence-electron chi connectivity index (χ3n) is 4.74. The molecule has 0 aliphatic carbocycles. The minimum Gasteiger partial charge on any atom is -0.377 e. The molecule has 1 saturated heterocycles. The van der Waals surface area contributed by atoms with Gasteiger partial charge in [-0.15, -0.1) is 11.3 Å². The number of ether oxygens (including phenoxy) is 1. The molecule has 1 aliphatic heterocycles. The van der Waals surface area contributed by atoms with Crippen LogP contribution in [-0.4, -0.2) is 50.3 Å². The van der Waals surface area contributed by atoms with E-state index >= 15 is 0 Å². The minimum atomic E-state index is 0.171. The van der Waals surface area contributed by atoms with E-state index in [0.717, 1.165) is 45.0 Å². The Kier molecular flexibility index (Phi) is 7.76. The van der Waals surface area contributed by atoms with Crippen molar-refractivity contribution >= 4 is 17.3 Å². The van der Waals surface area contributed by atoms with Gasteiger partial charge in [-0.3, -0.25) is 4.99 Å². The third kappa shape index (κ3) is 6.30. The maximum Gasteiger partial charge on any atom is 0.193 e. The van der Waals surface area contributed by atoms with Gasteiger partial charge in [-0.2, -0.15) is 0 Å². The molecule has 5 heteroatoms. The van der Waals surface area contributed by atoms with Crippen molar-refractivity contribution in [2.24, 2.45) is 16.3 Å². The average molecular weight is 366 g/mol. The van der Waals surface area contributed by atoms with E-state index in [1.165, 1.54) is 11.3 Å². The van der Waals surface area contributed by atoms with Crippen LogP contribution >= 0.6 is 11.3 Å². The number of rotatable bonds is 6. The van der Waals surface area contributed by atoms with Gasteiger partial charge in [0, 0.05) is 44.1 Å². The minimum absolute atomic E-state index is 0.171. The van der Waals surface area contributed by atoms with Crippen LogP contribution in [-0.2, 0) is 11.2 Å². The van der Waals surface area contributed by atoms with E-state index in [0.29, 0.717) is 12.0 Å². The zero-order chi connectivity index (χ0) is 18.3. The number of hydrogen-bond acceptors (Lipinski definition) is 3. The molecule has 0 aromatic carbocycles. The van der Waals surface area contributed by atoms with Gasteiger partial charge in [0.2, 0.25) is 0 Å². The highest BCUT2D eigenvalue weighted by atomic mass is 32.1. The number of guanidine groups is 1. The molecule has 2 unspecified atom stereocenters. The molecule has 0 amide bonds. The van der Waals surface area contributed by atoms with Gasteiger partial charge in [0.1, 0.15) is 0 Å². The predicted octanol–water partition coefficient (Wildman–Crippen LogP) is 4.03. The predicted molar refractivity (Wildman–Crippen MR) is 109 cm³/mol. The number of hydrogen-bond donors (Lipinski definition) is 1. The van der Waals surface area contributed by atoms with E-state index in [1.54, 1.807) is 0 Å². The average Bonchev–Trinajstić information content (AvgIpc) is 3.09. The van der Waals surface area contributed by atoms with Crippen LogP contribution in [0.25, 0.3) is 0 Å². The number of thiophene rings is 1. The molecular weight excluding hydrogens is 330 g/mol. The van der Waals surface area contributed by atoms with Crippen molar-refractivity contribution in [3.8, 4) is 0 Å². The zero-order valence-corrected chi connectivity index (χ0v) is 17.4. The van der Waals surface area contributed by atoms with Gasteiger partial charge < -0.3 is 15.0 Å². The normalized spacial score (nSPS) is 22.0. The Bertz CT molecular complexity index is 522. The molecule has 2 rings (SSSR count). The molecule has 1 aliphatic rings. The lowest BCUT2D eigenvalue weighted by molar-refractivity contribution is -0.0824. The molecule has 25 heavy (non-hydrogen) atoms. The van der Waals surface area contributed by atoms with Crippen LogP contribution in [0, 0.1) is 11.3 Å². The summed E-state index contributed by atoms with van der Waals surface area (Å²) in [6.45, 7) is 12.6. The number of nitrogens with one attached hydrogen (secondary N) is 1. The molecule has 0 radical (unpaired) electrons. The van der Waals surface area contributed by atoms with E-state index < -0.39 is 0 Å². The van der Waals surface area contributed by atoms with E-state index in [4.69, 9.17) is 9.73 Å². The first-order chi connectivity index (χ1) is 11.9. The first-order valence-electron chi connectivity index (χ1n) is 9.55. The summed E-state index contributed by atoms with van der Waals surface area (Å²) >= 11 is 1.83. The molecule has 0 saturated carbocycles. The Labute approximate surface area is 157 Å². The van der Waals surface area contributed by atoms with Crippen LogP contribution in [0.1, 0.15) is 45.4 Å². The quantitative estimate of drug-likeness (QED) is 0.611. The topological polar surface area (TPSA) is 36.9 Å². The number of aliphatic imine (C=N–C) groups is 1. The van der Waals surface area contributed by atoms with Gasteiger partial charge in [-0.05, 0) is 43.0 Å².